The first-order valence-electron chi connectivity index (χ1n) is 6.82. The van der Waals surface area contributed by atoms with E-state index >= 15 is 0 Å². The quantitative estimate of drug-likeness (QED) is 0.847. The van der Waals surface area contributed by atoms with Crippen LogP contribution < -0.4 is 9.04 Å². The number of ether oxygens (including phenoxy) is 1. The SMILES string of the molecule is CC(C)Oc1ccc(N(C)S(=O)(=O)c2ccc(F)cc2)cc1. The van der Waals surface area contributed by atoms with Gasteiger partial charge in [-0.25, -0.2) is 12.8 Å². The molecule has 0 spiro atoms. The zero-order valence-corrected chi connectivity index (χ0v) is 13.5. The van der Waals surface area contributed by atoms with E-state index in [4.69, 9.17) is 4.74 Å². The van der Waals surface area contributed by atoms with E-state index in [0.29, 0.717) is 11.4 Å². The van der Waals surface area contributed by atoms with Crippen molar-refractivity contribution in [3.8, 4) is 5.75 Å². The molecule has 118 valence electrons. The lowest BCUT2D eigenvalue weighted by Gasteiger charge is -2.20. The molecule has 0 N–H and O–H groups in total. The van der Waals surface area contributed by atoms with E-state index in [1.165, 1.54) is 19.2 Å². The summed E-state index contributed by atoms with van der Waals surface area (Å²) in [5.41, 5.74) is 0.500. The number of hydrogen-bond donors (Lipinski definition) is 0. The van der Waals surface area contributed by atoms with Crippen LogP contribution in [0, 0.1) is 5.82 Å². The van der Waals surface area contributed by atoms with Crippen LogP contribution in [0.4, 0.5) is 10.1 Å². The smallest absolute Gasteiger partial charge is 0.264 e. The van der Waals surface area contributed by atoms with Gasteiger partial charge in [-0.1, -0.05) is 0 Å². The molecule has 2 rings (SSSR count). The van der Waals surface area contributed by atoms with E-state index in [9.17, 15) is 12.8 Å². The Morgan fingerprint density at radius 1 is 1.00 bits per heavy atom. The molecule has 22 heavy (non-hydrogen) atoms. The van der Waals surface area contributed by atoms with Crippen LogP contribution >= 0.6 is 0 Å². The monoisotopic (exact) mass is 323 g/mol. The second kappa shape index (κ2) is 6.36. The molecule has 4 nitrogen and oxygen atoms in total. The van der Waals surface area contributed by atoms with Crippen LogP contribution in [-0.4, -0.2) is 21.6 Å². The molecule has 0 saturated carbocycles. The Kier molecular flexibility index (Phi) is 4.71. The Hall–Kier alpha value is -2.08. The number of halogens is 1. The summed E-state index contributed by atoms with van der Waals surface area (Å²) in [5.74, 6) is 0.197. The summed E-state index contributed by atoms with van der Waals surface area (Å²) in [5, 5.41) is 0. The number of hydrogen-bond acceptors (Lipinski definition) is 3. The van der Waals surface area contributed by atoms with Gasteiger partial charge in [0, 0.05) is 7.05 Å². The average Bonchev–Trinajstić information content (AvgIpc) is 2.47. The summed E-state index contributed by atoms with van der Waals surface area (Å²) in [6, 6.07) is 11.5. The van der Waals surface area contributed by atoms with E-state index in [0.717, 1.165) is 16.4 Å². The fraction of sp³-hybridized carbons (Fsp3) is 0.250. The third-order valence-corrected chi connectivity index (χ3v) is 4.84. The fourth-order valence-corrected chi connectivity index (χ4v) is 3.11. The van der Waals surface area contributed by atoms with Crippen molar-refractivity contribution in [2.45, 2.75) is 24.8 Å². The number of nitrogens with zero attached hydrogens (tertiary/aromatic N) is 1. The first kappa shape index (κ1) is 16.3. The topological polar surface area (TPSA) is 46.6 Å². The zero-order valence-electron chi connectivity index (χ0n) is 12.7. The maximum Gasteiger partial charge on any atom is 0.264 e. The minimum atomic E-state index is -3.72. The van der Waals surface area contributed by atoms with Crippen molar-refractivity contribution in [3.05, 3.63) is 54.3 Å². The predicted molar refractivity (Wildman–Crippen MR) is 84.2 cm³/mol. The Morgan fingerprint density at radius 2 is 1.55 bits per heavy atom. The molecule has 0 bridgehead atoms. The maximum atomic E-state index is 12.9. The minimum Gasteiger partial charge on any atom is -0.491 e. The molecule has 0 aliphatic carbocycles. The lowest BCUT2D eigenvalue weighted by atomic mass is 10.3. The molecule has 0 aliphatic heterocycles. The Balaban J connectivity index is 2.26. The standard InChI is InChI=1S/C16H18FNO3S/c1-12(2)21-15-8-6-14(7-9-15)18(3)22(19,20)16-10-4-13(17)5-11-16/h4-12H,1-3H3. The van der Waals surface area contributed by atoms with Gasteiger partial charge < -0.3 is 4.74 Å². The first-order chi connectivity index (χ1) is 10.3. The van der Waals surface area contributed by atoms with Crippen LogP contribution in [0.1, 0.15) is 13.8 Å². The van der Waals surface area contributed by atoms with E-state index in [-0.39, 0.29) is 11.0 Å². The lowest BCUT2D eigenvalue weighted by molar-refractivity contribution is 0.242. The highest BCUT2D eigenvalue weighted by molar-refractivity contribution is 7.92. The minimum absolute atomic E-state index is 0.0407. The molecule has 0 unspecified atom stereocenters. The molecule has 0 saturated heterocycles. The van der Waals surface area contributed by atoms with Crippen LogP contribution in [0.5, 0.6) is 5.75 Å². The van der Waals surface area contributed by atoms with Gasteiger partial charge in [0.05, 0.1) is 16.7 Å². The van der Waals surface area contributed by atoms with Gasteiger partial charge in [-0.2, -0.15) is 0 Å². The van der Waals surface area contributed by atoms with Crippen molar-refractivity contribution in [3.63, 3.8) is 0 Å². The Morgan fingerprint density at radius 3 is 2.05 bits per heavy atom. The molecule has 0 aromatic heterocycles. The van der Waals surface area contributed by atoms with Gasteiger partial charge in [0.25, 0.3) is 10.0 Å². The predicted octanol–water partition coefficient (Wildman–Crippen LogP) is 3.44. The van der Waals surface area contributed by atoms with E-state index in [1.54, 1.807) is 24.3 Å². The number of benzene rings is 2. The van der Waals surface area contributed by atoms with Gasteiger partial charge in [-0.05, 0) is 62.4 Å². The van der Waals surface area contributed by atoms with Crippen LogP contribution in [0.25, 0.3) is 0 Å². The number of sulfonamides is 1. The van der Waals surface area contributed by atoms with Crippen molar-refractivity contribution in [2.75, 3.05) is 11.4 Å². The van der Waals surface area contributed by atoms with Gasteiger partial charge in [-0.15, -0.1) is 0 Å². The van der Waals surface area contributed by atoms with Crippen LogP contribution in [0.2, 0.25) is 0 Å². The normalized spacial score (nSPS) is 11.5. The summed E-state index contributed by atoms with van der Waals surface area (Å²) in [7, 11) is -2.26. The van der Waals surface area contributed by atoms with Crippen LogP contribution in [0.15, 0.2) is 53.4 Å². The fourth-order valence-electron chi connectivity index (χ4n) is 1.91. The van der Waals surface area contributed by atoms with Crippen LogP contribution in [0.3, 0.4) is 0 Å². The van der Waals surface area contributed by atoms with Gasteiger partial charge in [0.1, 0.15) is 11.6 Å². The molecule has 0 heterocycles. The summed E-state index contributed by atoms with van der Waals surface area (Å²) in [6.07, 6.45) is 0.0477. The Bertz CT molecular complexity index is 725. The van der Waals surface area contributed by atoms with Crippen molar-refractivity contribution >= 4 is 15.7 Å². The van der Waals surface area contributed by atoms with Crippen molar-refractivity contribution in [2.24, 2.45) is 0 Å². The molecule has 0 atom stereocenters. The average molecular weight is 323 g/mol. The lowest BCUT2D eigenvalue weighted by Crippen LogP contribution is -2.26. The van der Waals surface area contributed by atoms with E-state index in [2.05, 4.69) is 0 Å². The highest BCUT2D eigenvalue weighted by atomic mass is 32.2. The van der Waals surface area contributed by atoms with Gasteiger partial charge in [-0.3, -0.25) is 4.31 Å². The van der Waals surface area contributed by atoms with Crippen molar-refractivity contribution < 1.29 is 17.5 Å². The molecule has 0 radical (unpaired) electrons. The third kappa shape index (κ3) is 3.57. The number of anilines is 1. The zero-order chi connectivity index (χ0) is 16.3. The maximum absolute atomic E-state index is 12.9. The molecule has 0 fully saturated rings. The summed E-state index contributed by atoms with van der Waals surface area (Å²) < 4.78 is 44.6. The highest BCUT2D eigenvalue weighted by Crippen LogP contribution is 2.24. The number of rotatable bonds is 5. The van der Waals surface area contributed by atoms with E-state index in [1.807, 2.05) is 13.8 Å². The van der Waals surface area contributed by atoms with Crippen molar-refractivity contribution in [1.82, 2.24) is 0 Å². The third-order valence-electron chi connectivity index (χ3n) is 3.04. The van der Waals surface area contributed by atoms with Gasteiger partial charge in [0.2, 0.25) is 0 Å². The highest BCUT2D eigenvalue weighted by Gasteiger charge is 2.21. The molecule has 2 aromatic rings. The molecular weight excluding hydrogens is 305 g/mol. The largest absolute Gasteiger partial charge is 0.491 e. The second-order valence-corrected chi connectivity index (χ2v) is 7.06. The van der Waals surface area contributed by atoms with Crippen LogP contribution in [-0.2, 0) is 10.0 Å². The molecule has 2 aromatic carbocycles. The summed E-state index contributed by atoms with van der Waals surface area (Å²) in [6.45, 7) is 3.83. The molecule has 0 aliphatic rings. The molecule has 0 amide bonds. The van der Waals surface area contributed by atoms with Crippen molar-refractivity contribution in [1.29, 1.82) is 0 Å². The molecule has 6 heteroatoms. The second-order valence-electron chi connectivity index (χ2n) is 5.09. The summed E-state index contributed by atoms with van der Waals surface area (Å²) in [4.78, 5) is 0.0407. The van der Waals surface area contributed by atoms with Gasteiger partial charge >= 0.3 is 0 Å². The Labute approximate surface area is 130 Å². The first-order valence-corrected chi connectivity index (χ1v) is 8.26. The molecular formula is C16H18FNO3S. The van der Waals surface area contributed by atoms with Gasteiger partial charge in [0.15, 0.2) is 0 Å². The summed E-state index contributed by atoms with van der Waals surface area (Å²) >= 11 is 0. The van der Waals surface area contributed by atoms with E-state index < -0.39 is 15.8 Å².